The van der Waals surface area contributed by atoms with Crippen LogP contribution in [0.3, 0.4) is 0 Å². The van der Waals surface area contributed by atoms with E-state index in [4.69, 9.17) is 5.21 Å². The Bertz CT molecular complexity index is 596. The molecule has 2 rings (SSSR count). The Morgan fingerprint density at radius 2 is 1.75 bits per heavy atom. The van der Waals surface area contributed by atoms with Crippen LogP contribution in [0.25, 0.3) is 0 Å². The summed E-state index contributed by atoms with van der Waals surface area (Å²) >= 11 is 0. The molecular weight excluding hydrogens is 312 g/mol. The second kappa shape index (κ2) is 7.92. The summed E-state index contributed by atoms with van der Waals surface area (Å²) in [7, 11) is 0. The molecule has 24 heavy (non-hydrogen) atoms. The standard InChI is InChI=1S/C17H22N2O5/c20-14(19-24)11-17(8-4-5-9-17)16(23)18-13(15(21)22)10-12-6-2-1-3-7-12/h1-3,6-7,13,24H,4-5,8-11H2,(H,18,23)(H,19,20)(H,21,22). The highest BCUT2D eigenvalue weighted by Gasteiger charge is 2.44. The van der Waals surface area contributed by atoms with E-state index >= 15 is 0 Å². The van der Waals surface area contributed by atoms with E-state index in [0.717, 1.165) is 18.4 Å². The number of carboxylic acids is 1. The molecule has 2 amide bonds. The van der Waals surface area contributed by atoms with Crippen LogP contribution in [-0.2, 0) is 20.8 Å². The van der Waals surface area contributed by atoms with Crippen LogP contribution in [0.2, 0.25) is 0 Å². The normalized spacial score (nSPS) is 17.0. The predicted molar refractivity (Wildman–Crippen MR) is 85.2 cm³/mol. The summed E-state index contributed by atoms with van der Waals surface area (Å²) in [5.74, 6) is -2.19. The average molecular weight is 334 g/mol. The maximum atomic E-state index is 12.7. The van der Waals surface area contributed by atoms with Crippen molar-refractivity contribution in [2.45, 2.75) is 44.6 Å². The number of nitrogens with one attached hydrogen (secondary N) is 2. The smallest absolute Gasteiger partial charge is 0.326 e. The Kier molecular flexibility index (Phi) is 5.92. The SMILES string of the molecule is O=C(CC1(C(=O)NC(Cc2ccccc2)C(=O)O)CCCC1)NO. The van der Waals surface area contributed by atoms with Gasteiger partial charge in [-0.1, -0.05) is 43.2 Å². The van der Waals surface area contributed by atoms with E-state index in [9.17, 15) is 19.5 Å². The summed E-state index contributed by atoms with van der Waals surface area (Å²) in [6, 6.07) is 7.98. The van der Waals surface area contributed by atoms with Crippen molar-refractivity contribution in [1.29, 1.82) is 0 Å². The van der Waals surface area contributed by atoms with E-state index in [1.807, 2.05) is 6.07 Å². The fourth-order valence-corrected chi connectivity index (χ4v) is 3.24. The summed E-state index contributed by atoms with van der Waals surface area (Å²) in [6.45, 7) is 0. The third-order valence-corrected chi connectivity index (χ3v) is 4.55. The molecule has 0 bridgehead atoms. The molecule has 7 heteroatoms. The van der Waals surface area contributed by atoms with E-state index in [-0.39, 0.29) is 12.8 Å². The van der Waals surface area contributed by atoms with Crippen LogP contribution in [0.5, 0.6) is 0 Å². The molecule has 7 nitrogen and oxygen atoms in total. The molecule has 0 aromatic heterocycles. The van der Waals surface area contributed by atoms with E-state index in [0.29, 0.717) is 12.8 Å². The number of hydroxylamine groups is 1. The first-order valence-corrected chi connectivity index (χ1v) is 7.97. The van der Waals surface area contributed by atoms with Crippen molar-refractivity contribution in [3.05, 3.63) is 35.9 Å². The molecule has 1 atom stereocenters. The minimum absolute atomic E-state index is 0.146. The highest BCUT2D eigenvalue weighted by molar-refractivity contribution is 5.91. The zero-order chi connectivity index (χ0) is 17.6. The van der Waals surface area contributed by atoms with Crippen molar-refractivity contribution in [3.63, 3.8) is 0 Å². The third kappa shape index (κ3) is 4.32. The molecule has 1 aromatic carbocycles. The van der Waals surface area contributed by atoms with Crippen molar-refractivity contribution in [2.75, 3.05) is 0 Å². The minimum atomic E-state index is -1.12. The quantitative estimate of drug-likeness (QED) is 0.442. The molecule has 1 saturated carbocycles. The van der Waals surface area contributed by atoms with Crippen LogP contribution in [0.4, 0.5) is 0 Å². The van der Waals surface area contributed by atoms with E-state index < -0.39 is 29.2 Å². The van der Waals surface area contributed by atoms with Crippen LogP contribution in [0.15, 0.2) is 30.3 Å². The molecule has 1 aliphatic carbocycles. The Morgan fingerprint density at radius 3 is 2.29 bits per heavy atom. The lowest BCUT2D eigenvalue weighted by Crippen LogP contribution is -2.50. The maximum absolute atomic E-state index is 12.7. The van der Waals surface area contributed by atoms with Crippen molar-refractivity contribution in [1.82, 2.24) is 10.8 Å². The van der Waals surface area contributed by atoms with Gasteiger partial charge in [0.1, 0.15) is 6.04 Å². The highest BCUT2D eigenvalue weighted by atomic mass is 16.5. The summed E-state index contributed by atoms with van der Waals surface area (Å²) in [6.07, 6.45) is 2.62. The summed E-state index contributed by atoms with van der Waals surface area (Å²) < 4.78 is 0. The number of hydrogen-bond acceptors (Lipinski definition) is 4. The van der Waals surface area contributed by atoms with Gasteiger partial charge in [-0.05, 0) is 18.4 Å². The fraction of sp³-hybridized carbons (Fsp3) is 0.471. The number of hydrogen-bond donors (Lipinski definition) is 4. The Balaban J connectivity index is 2.10. The number of rotatable bonds is 7. The number of carbonyl (C=O) groups is 3. The van der Waals surface area contributed by atoms with Crippen LogP contribution in [-0.4, -0.2) is 34.1 Å². The zero-order valence-electron chi connectivity index (χ0n) is 13.3. The molecule has 0 aliphatic heterocycles. The minimum Gasteiger partial charge on any atom is -0.480 e. The largest absolute Gasteiger partial charge is 0.480 e. The molecule has 0 saturated heterocycles. The number of carboxylic acid groups (broad SMARTS) is 1. The first-order chi connectivity index (χ1) is 11.5. The lowest BCUT2D eigenvalue weighted by molar-refractivity contribution is -0.145. The van der Waals surface area contributed by atoms with Crippen LogP contribution in [0.1, 0.15) is 37.7 Å². The molecule has 1 fully saturated rings. The van der Waals surface area contributed by atoms with Crippen LogP contribution >= 0.6 is 0 Å². The number of carbonyl (C=O) groups excluding carboxylic acids is 2. The molecule has 1 unspecified atom stereocenters. The van der Waals surface area contributed by atoms with Crippen LogP contribution in [0, 0.1) is 5.41 Å². The lowest BCUT2D eigenvalue weighted by atomic mass is 9.81. The first-order valence-electron chi connectivity index (χ1n) is 7.97. The van der Waals surface area contributed by atoms with Crippen LogP contribution < -0.4 is 10.8 Å². The molecule has 4 N–H and O–H groups in total. The molecular formula is C17H22N2O5. The molecule has 1 aliphatic rings. The van der Waals surface area contributed by atoms with Gasteiger partial charge in [-0.25, -0.2) is 10.3 Å². The molecule has 0 spiro atoms. The molecule has 0 heterocycles. The topological polar surface area (TPSA) is 116 Å². The monoisotopic (exact) mass is 334 g/mol. The van der Waals surface area contributed by atoms with Gasteiger partial charge >= 0.3 is 5.97 Å². The average Bonchev–Trinajstić information content (AvgIpc) is 3.04. The number of benzene rings is 1. The third-order valence-electron chi connectivity index (χ3n) is 4.55. The van der Waals surface area contributed by atoms with Gasteiger partial charge in [-0.15, -0.1) is 0 Å². The predicted octanol–water partition coefficient (Wildman–Crippen LogP) is 1.25. The van der Waals surface area contributed by atoms with Crippen molar-refractivity contribution >= 4 is 17.8 Å². The number of amides is 2. The lowest BCUT2D eigenvalue weighted by Gasteiger charge is -2.28. The van der Waals surface area contributed by atoms with Gasteiger partial charge in [0.05, 0.1) is 5.41 Å². The Labute approximate surface area is 140 Å². The summed E-state index contributed by atoms with van der Waals surface area (Å²) in [5.41, 5.74) is 1.41. The molecule has 130 valence electrons. The first kappa shape index (κ1) is 17.9. The van der Waals surface area contributed by atoms with Crippen molar-refractivity contribution in [3.8, 4) is 0 Å². The molecule has 1 aromatic rings. The van der Waals surface area contributed by atoms with Gasteiger partial charge in [0.25, 0.3) is 0 Å². The van der Waals surface area contributed by atoms with E-state index in [1.54, 1.807) is 29.7 Å². The van der Waals surface area contributed by atoms with Gasteiger partial charge in [-0.3, -0.25) is 14.8 Å². The summed E-state index contributed by atoms with van der Waals surface area (Å²) in [5, 5.41) is 20.7. The van der Waals surface area contributed by atoms with Crippen molar-refractivity contribution < 1.29 is 24.7 Å². The fourth-order valence-electron chi connectivity index (χ4n) is 3.24. The van der Waals surface area contributed by atoms with Gasteiger partial charge < -0.3 is 10.4 Å². The van der Waals surface area contributed by atoms with Gasteiger partial charge in [-0.2, -0.15) is 0 Å². The van der Waals surface area contributed by atoms with Gasteiger partial charge in [0.2, 0.25) is 11.8 Å². The Hall–Kier alpha value is -2.41. The second-order valence-electron chi connectivity index (χ2n) is 6.25. The number of aliphatic carboxylic acids is 1. The zero-order valence-corrected chi connectivity index (χ0v) is 13.3. The van der Waals surface area contributed by atoms with E-state index in [1.165, 1.54) is 0 Å². The van der Waals surface area contributed by atoms with Gasteiger partial charge in [0.15, 0.2) is 0 Å². The van der Waals surface area contributed by atoms with E-state index in [2.05, 4.69) is 5.32 Å². The maximum Gasteiger partial charge on any atom is 0.326 e. The van der Waals surface area contributed by atoms with Crippen molar-refractivity contribution in [2.24, 2.45) is 5.41 Å². The summed E-state index contributed by atoms with van der Waals surface area (Å²) in [4.78, 5) is 35.7. The molecule has 0 radical (unpaired) electrons. The highest BCUT2D eigenvalue weighted by Crippen LogP contribution is 2.41. The van der Waals surface area contributed by atoms with Gasteiger partial charge in [0, 0.05) is 12.8 Å². The second-order valence-corrected chi connectivity index (χ2v) is 6.25. The Morgan fingerprint density at radius 1 is 1.12 bits per heavy atom.